The van der Waals surface area contributed by atoms with Crippen LogP contribution >= 0.6 is 0 Å². The summed E-state index contributed by atoms with van der Waals surface area (Å²) in [5, 5.41) is 7.35. The van der Waals surface area contributed by atoms with E-state index in [2.05, 4.69) is 70.4 Å². The van der Waals surface area contributed by atoms with Crippen LogP contribution in [0, 0.1) is 18.6 Å². The number of para-hydroxylation sites is 2. The van der Waals surface area contributed by atoms with E-state index in [1.807, 2.05) is 48.5 Å². The van der Waals surface area contributed by atoms with Gasteiger partial charge in [-0.05, 0) is 74.2 Å². The molecule has 8 rings (SSSR count). The summed E-state index contributed by atoms with van der Waals surface area (Å²) in [6, 6.07) is 30.4. The van der Waals surface area contributed by atoms with E-state index in [9.17, 15) is 8.78 Å². The van der Waals surface area contributed by atoms with Crippen LogP contribution in [0.5, 0.6) is 0 Å². The first-order valence-electron chi connectivity index (χ1n) is 19.5. The number of nitrogens with one attached hydrogen (secondary N) is 2. The third-order valence-electron chi connectivity index (χ3n) is 10.7. The number of allylic oxidation sites excluding steroid dienone is 1. The van der Waals surface area contributed by atoms with Crippen LogP contribution in [0.1, 0.15) is 51.0 Å². The van der Waals surface area contributed by atoms with E-state index in [-0.39, 0.29) is 17.4 Å². The molecule has 0 spiro atoms. The Morgan fingerprint density at radius 2 is 1.34 bits per heavy atom. The molecular formula is C46H47F2N8+. The highest BCUT2D eigenvalue weighted by Crippen LogP contribution is 2.43. The molecule has 0 fully saturated rings. The predicted molar refractivity (Wildman–Crippen MR) is 226 cm³/mol. The number of halogens is 2. The van der Waals surface area contributed by atoms with Gasteiger partial charge in [0, 0.05) is 66.6 Å². The first-order valence-corrected chi connectivity index (χ1v) is 19.5. The Bertz CT molecular complexity index is 2510. The fourth-order valence-electron chi connectivity index (χ4n) is 7.78. The Kier molecular flexibility index (Phi) is 10.4. The number of nitrogens with two attached hydrogens (primary N) is 2. The molecule has 2 heterocycles. The Balaban J connectivity index is 0.842. The summed E-state index contributed by atoms with van der Waals surface area (Å²) in [4.78, 5) is 11.9. The molecule has 0 saturated heterocycles. The van der Waals surface area contributed by atoms with Crippen molar-refractivity contribution in [2.24, 2.45) is 4.99 Å². The van der Waals surface area contributed by atoms with Gasteiger partial charge >= 0.3 is 0 Å². The minimum absolute atomic E-state index is 0.0986. The minimum Gasteiger partial charge on any atom is -0.396 e. The Hall–Kier alpha value is -6.29. The van der Waals surface area contributed by atoms with Gasteiger partial charge in [-0.15, -0.1) is 4.57 Å². The van der Waals surface area contributed by atoms with Crippen LogP contribution in [-0.2, 0) is 0 Å². The molecule has 1 unspecified atom stereocenters. The molecule has 2 aliphatic rings. The van der Waals surface area contributed by atoms with E-state index in [0.717, 1.165) is 101 Å². The van der Waals surface area contributed by atoms with Crippen LogP contribution in [0.25, 0.3) is 27.8 Å². The topological polar surface area (TPSA) is 108 Å². The molecule has 5 aromatic carbocycles. The van der Waals surface area contributed by atoms with E-state index >= 15 is 0 Å². The summed E-state index contributed by atoms with van der Waals surface area (Å²) in [7, 11) is 0. The van der Waals surface area contributed by atoms with Gasteiger partial charge < -0.3 is 27.0 Å². The monoisotopic (exact) mass is 749 g/mol. The maximum Gasteiger partial charge on any atom is 0.239 e. The molecule has 6 N–H and O–H groups in total. The second-order valence-electron chi connectivity index (χ2n) is 14.7. The quantitative estimate of drug-likeness (QED) is 0.0405. The number of nitrogen functional groups attached to an aromatic ring is 2. The second kappa shape index (κ2) is 15.8. The van der Waals surface area contributed by atoms with E-state index in [4.69, 9.17) is 21.4 Å². The molecule has 8 nitrogen and oxygen atoms in total. The Morgan fingerprint density at radius 3 is 2.09 bits per heavy atom. The molecule has 6 aromatic rings. The normalized spacial score (nSPS) is 14.9. The minimum atomic E-state index is -0.468. The van der Waals surface area contributed by atoms with Crippen LogP contribution in [0.4, 0.5) is 42.9 Å². The lowest BCUT2D eigenvalue weighted by Gasteiger charge is -2.38. The highest BCUT2D eigenvalue weighted by molar-refractivity contribution is 6.10. The highest BCUT2D eigenvalue weighted by Gasteiger charge is 2.33. The van der Waals surface area contributed by atoms with Crippen molar-refractivity contribution in [3.05, 3.63) is 138 Å². The largest absolute Gasteiger partial charge is 0.396 e. The van der Waals surface area contributed by atoms with Gasteiger partial charge in [0.15, 0.2) is 0 Å². The first-order chi connectivity index (χ1) is 27.2. The predicted octanol–water partition coefficient (Wildman–Crippen LogP) is 9.89. The smallest absolute Gasteiger partial charge is 0.239 e. The number of anilines is 5. The van der Waals surface area contributed by atoms with Gasteiger partial charge in [0.1, 0.15) is 22.7 Å². The Morgan fingerprint density at radius 1 is 0.714 bits per heavy atom. The zero-order valence-corrected chi connectivity index (χ0v) is 31.8. The van der Waals surface area contributed by atoms with E-state index < -0.39 is 11.6 Å². The lowest BCUT2D eigenvalue weighted by Crippen LogP contribution is -2.41. The first kappa shape index (κ1) is 36.7. The number of hydrogen-bond acceptors (Lipinski definition) is 7. The number of rotatable bonds is 13. The van der Waals surface area contributed by atoms with Crippen LogP contribution < -0.4 is 31.6 Å². The molecule has 0 radical (unpaired) electrons. The zero-order chi connectivity index (χ0) is 38.8. The molecule has 1 atom stereocenters. The van der Waals surface area contributed by atoms with Crippen molar-refractivity contribution in [2.75, 3.05) is 34.8 Å². The molecule has 1 aliphatic heterocycles. The molecule has 1 aliphatic carbocycles. The van der Waals surface area contributed by atoms with E-state index in [1.165, 1.54) is 25.0 Å². The van der Waals surface area contributed by atoms with E-state index in [1.54, 1.807) is 12.1 Å². The molecule has 0 amide bonds. The second-order valence-corrected chi connectivity index (χ2v) is 14.7. The number of nitrogens with zero attached hydrogens (tertiary/aromatic N) is 4. The van der Waals surface area contributed by atoms with Crippen molar-refractivity contribution in [2.45, 2.75) is 58.4 Å². The number of aryl methyl sites for hydroxylation is 1. The lowest BCUT2D eigenvalue weighted by atomic mass is 9.94. The standard InChI is InChI=1S/C46H46F2N8/c1-29-21-39-45(55(31-15-9-7-10-16-31)43-25-35(49)33(47)23-41(43)53-39)27-37(29)51-19-13-5-3-4-6-14-20-52-38-28-46-40(22-30(38)2)54-42-24-34(48)36(50)26-44(42)56(46)32-17-11-8-12-18-32/h7-12,15-18,21-28,45,51H,3-6,13-14,19-20,49H2,1-2H3,(H2,50,52)/p+1. The highest BCUT2D eigenvalue weighted by atomic mass is 19.1. The summed E-state index contributed by atoms with van der Waals surface area (Å²) in [5.74, 6) is -0.927. The van der Waals surface area contributed by atoms with E-state index in [0.29, 0.717) is 11.2 Å². The van der Waals surface area contributed by atoms with Crippen molar-refractivity contribution in [1.29, 1.82) is 0 Å². The summed E-state index contributed by atoms with van der Waals surface area (Å²) in [6.07, 6.45) is 11.1. The average molecular weight is 750 g/mol. The number of hydrogen-bond donors (Lipinski definition) is 4. The van der Waals surface area contributed by atoms with Crippen molar-refractivity contribution < 1.29 is 13.3 Å². The van der Waals surface area contributed by atoms with Gasteiger partial charge in [0.2, 0.25) is 16.7 Å². The summed E-state index contributed by atoms with van der Waals surface area (Å²) in [5.41, 5.74) is 23.9. The van der Waals surface area contributed by atoms with Crippen molar-refractivity contribution in [3.63, 3.8) is 0 Å². The van der Waals surface area contributed by atoms with Gasteiger partial charge in [-0.3, -0.25) is 0 Å². The third-order valence-corrected chi connectivity index (χ3v) is 10.7. The number of aliphatic imine (C=N–C) groups is 1. The summed E-state index contributed by atoms with van der Waals surface area (Å²) < 4.78 is 31.0. The molecule has 0 bridgehead atoms. The molecular weight excluding hydrogens is 703 g/mol. The van der Waals surface area contributed by atoms with Crippen LogP contribution in [0.15, 0.2) is 125 Å². The number of benzene rings is 5. The van der Waals surface area contributed by atoms with Crippen LogP contribution in [-0.4, -0.2) is 29.8 Å². The number of aromatic nitrogens is 2. The summed E-state index contributed by atoms with van der Waals surface area (Å²) >= 11 is 0. The number of fused-ring (bicyclic) bond motifs is 4. The number of unbranched alkanes of at least 4 members (excludes halogenated alkanes) is 5. The lowest BCUT2D eigenvalue weighted by molar-refractivity contribution is -0.538. The molecule has 1 aromatic heterocycles. The molecule has 10 heteroatoms. The fraction of sp³-hybridized carbons (Fsp3) is 0.239. The maximum atomic E-state index is 14.5. The van der Waals surface area contributed by atoms with Gasteiger partial charge in [0.25, 0.3) is 0 Å². The van der Waals surface area contributed by atoms with Crippen LogP contribution in [0.2, 0.25) is 0 Å². The van der Waals surface area contributed by atoms with Gasteiger partial charge in [0.05, 0.1) is 34.5 Å². The third kappa shape index (κ3) is 7.39. The molecule has 0 saturated carbocycles. The fourth-order valence-corrected chi connectivity index (χ4v) is 7.78. The Labute approximate surface area is 326 Å². The zero-order valence-electron chi connectivity index (χ0n) is 31.8. The molecule has 284 valence electrons. The van der Waals surface area contributed by atoms with Crippen LogP contribution in [0.3, 0.4) is 0 Å². The summed E-state index contributed by atoms with van der Waals surface area (Å²) in [6.45, 7) is 5.93. The molecule has 56 heavy (non-hydrogen) atoms. The van der Waals surface area contributed by atoms with Gasteiger partial charge in [-0.1, -0.05) is 62.1 Å². The average Bonchev–Trinajstić information content (AvgIpc) is 3.19. The SMILES string of the molecule is CC1=CC2=Nc3cc(F)c(N)cc3N(c3ccccc3)C2C=C1NCCCCCCCCNc1cc2c(cc1C)nc1cc(F)c(N)cc1[n+]2-c1ccccc1. The van der Waals surface area contributed by atoms with Crippen molar-refractivity contribution in [1.82, 2.24) is 10.3 Å². The maximum absolute atomic E-state index is 14.5. The van der Waals surface area contributed by atoms with Crippen molar-refractivity contribution >= 4 is 61.9 Å². The van der Waals surface area contributed by atoms with Gasteiger partial charge in [-0.2, -0.15) is 0 Å². The van der Waals surface area contributed by atoms with Crippen molar-refractivity contribution in [3.8, 4) is 5.69 Å². The van der Waals surface area contributed by atoms with Gasteiger partial charge in [-0.25, -0.2) is 18.8 Å².